The van der Waals surface area contributed by atoms with E-state index in [1.54, 1.807) is 30.3 Å². The monoisotopic (exact) mass is 199 g/mol. The molecule has 0 saturated carbocycles. The maximum Gasteiger partial charge on any atom is 0.802 e. The summed E-state index contributed by atoms with van der Waals surface area (Å²) in [6.07, 6.45) is 0. The second kappa shape index (κ2) is 5.50. The minimum absolute atomic E-state index is 0. The van der Waals surface area contributed by atoms with Crippen molar-refractivity contribution in [3.8, 4) is 0 Å². The van der Waals surface area contributed by atoms with Crippen molar-refractivity contribution in [2.75, 3.05) is 0 Å². The summed E-state index contributed by atoms with van der Waals surface area (Å²) in [7, 11) is -5.84. The van der Waals surface area contributed by atoms with Gasteiger partial charge in [0.05, 0.1) is 6.61 Å². The van der Waals surface area contributed by atoms with E-state index in [9.17, 15) is 12.3 Å². The van der Waals surface area contributed by atoms with Crippen molar-refractivity contribution in [2.24, 2.45) is 0 Å². The Morgan fingerprint density at radius 3 is 2.08 bits per heavy atom. The fourth-order valence-electron chi connectivity index (χ4n) is 0.739. The van der Waals surface area contributed by atoms with Crippen molar-refractivity contribution in [1.29, 1.82) is 0 Å². The summed E-state index contributed by atoms with van der Waals surface area (Å²) < 4.78 is 38.7. The summed E-state index contributed by atoms with van der Waals surface area (Å²) in [6.45, 7) is -0.365. The molecule has 1 rings (SSSR count). The predicted octanol–water partition coefficient (Wildman–Crippen LogP) is 2.17. The first-order valence-corrected chi connectivity index (χ1v) is 4.87. The summed E-state index contributed by atoms with van der Waals surface area (Å²) in [5, 5.41) is 0. The number of rotatable bonds is 3. The van der Waals surface area contributed by atoms with Gasteiger partial charge in [0.25, 0.3) is 0 Å². The Morgan fingerprint density at radius 2 is 1.62 bits per heavy atom. The van der Waals surface area contributed by atoms with Crippen LogP contribution in [-0.2, 0) is 11.0 Å². The molecule has 1 aromatic rings. The number of benzene rings is 1. The molecule has 0 aliphatic heterocycles. The zero-order valence-corrected chi connectivity index (χ0v) is 8.14. The molecule has 0 aliphatic rings. The van der Waals surface area contributed by atoms with Gasteiger partial charge in [-0.05, 0) is 5.56 Å². The van der Waals surface area contributed by atoms with E-state index in [0.29, 0.717) is 5.56 Å². The second-order valence-corrected chi connectivity index (χ2v) is 3.40. The van der Waals surface area contributed by atoms with Crippen LogP contribution in [0.1, 0.15) is 5.56 Å². The minimum Gasteiger partial charge on any atom is -0.338 e. The van der Waals surface area contributed by atoms with Crippen molar-refractivity contribution in [2.45, 2.75) is 6.61 Å². The first kappa shape index (κ1) is 12.8. The third-order valence-corrected chi connectivity index (χ3v) is 1.72. The average Bonchev–Trinajstić information content (AvgIpc) is 2.02. The van der Waals surface area contributed by atoms with Gasteiger partial charge in [0.15, 0.2) is 0 Å². The van der Waals surface area contributed by atoms with Gasteiger partial charge >= 0.3 is 9.32 Å². The molecule has 13 heavy (non-hydrogen) atoms. The maximum atomic E-state index is 11.7. The van der Waals surface area contributed by atoms with Crippen molar-refractivity contribution in [1.82, 2.24) is 0 Å². The van der Waals surface area contributed by atoms with E-state index in [1.807, 2.05) is 0 Å². The predicted molar refractivity (Wildman–Crippen MR) is 46.1 cm³/mol. The molecule has 0 unspecified atom stereocenters. The summed E-state index contributed by atoms with van der Waals surface area (Å²) in [6, 6.07) is 8.29. The van der Waals surface area contributed by atoms with Crippen LogP contribution in [0, 0.1) is 0 Å². The van der Waals surface area contributed by atoms with E-state index in [1.165, 1.54) is 0 Å². The normalized spacial score (nSPS) is 10.7. The molecule has 0 N–H and O–H groups in total. The molecular formula is C7H7F3LiOSi. The maximum absolute atomic E-state index is 11.7. The Bertz CT molecular complexity index is 239. The van der Waals surface area contributed by atoms with E-state index >= 15 is 0 Å². The molecule has 1 nitrogen and oxygen atoms in total. The third-order valence-electron chi connectivity index (χ3n) is 1.25. The van der Waals surface area contributed by atoms with Gasteiger partial charge in [0.1, 0.15) is 0 Å². The summed E-state index contributed by atoms with van der Waals surface area (Å²) in [4.78, 5) is 0. The molecule has 0 heterocycles. The van der Waals surface area contributed by atoms with Gasteiger partial charge in [-0.25, -0.2) is 12.3 Å². The van der Waals surface area contributed by atoms with Crippen LogP contribution in [0.15, 0.2) is 30.3 Å². The molecule has 0 aliphatic carbocycles. The summed E-state index contributed by atoms with van der Waals surface area (Å²) >= 11 is 0. The van der Waals surface area contributed by atoms with Gasteiger partial charge in [-0.1, -0.05) is 30.3 Å². The minimum atomic E-state index is -5.84. The quantitative estimate of drug-likeness (QED) is 0.535. The van der Waals surface area contributed by atoms with Crippen LogP contribution in [-0.4, -0.2) is 28.2 Å². The van der Waals surface area contributed by atoms with Crippen LogP contribution < -0.4 is 0 Å². The van der Waals surface area contributed by atoms with E-state index in [-0.39, 0.29) is 25.5 Å². The van der Waals surface area contributed by atoms with Crippen LogP contribution in [0.25, 0.3) is 0 Å². The SMILES string of the molecule is F[Si](F)(F)OCc1ccccc1.[Li]. The number of hydrogen-bond donors (Lipinski definition) is 0. The van der Waals surface area contributed by atoms with Crippen molar-refractivity contribution in [3.63, 3.8) is 0 Å². The molecule has 0 amide bonds. The molecule has 1 radical (unpaired) electrons. The van der Waals surface area contributed by atoms with Crippen molar-refractivity contribution in [3.05, 3.63) is 35.9 Å². The second-order valence-electron chi connectivity index (χ2n) is 2.22. The van der Waals surface area contributed by atoms with Gasteiger partial charge in [0, 0.05) is 18.9 Å². The summed E-state index contributed by atoms with van der Waals surface area (Å²) in [5.74, 6) is 0. The molecular weight excluding hydrogens is 192 g/mol. The van der Waals surface area contributed by atoms with E-state index < -0.39 is 9.32 Å². The van der Waals surface area contributed by atoms with Crippen LogP contribution in [0.2, 0.25) is 0 Å². The van der Waals surface area contributed by atoms with Crippen LogP contribution in [0.5, 0.6) is 0 Å². The Hall–Kier alpha value is -0.216. The zero-order chi connectivity index (χ0) is 9.03. The van der Waals surface area contributed by atoms with Crippen LogP contribution in [0.4, 0.5) is 12.3 Å². The Balaban J connectivity index is 0.00000144. The molecule has 0 saturated heterocycles. The first-order chi connectivity index (χ1) is 5.58. The Labute approximate surface area is 87.7 Å². The largest absolute Gasteiger partial charge is 0.802 e. The zero-order valence-electron chi connectivity index (χ0n) is 7.14. The van der Waals surface area contributed by atoms with Gasteiger partial charge in [-0.3, -0.25) is 0 Å². The topological polar surface area (TPSA) is 9.23 Å². The molecule has 0 atom stereocenters. The number of halogens is 3. The van der Waals surface area contributed by atoms with Gasteiger partial charge < -0.3 is 4.43 Å². The van der Waals surface area contributed by atoms with Gasteiger partial charge in [-0.15, -0.1) is 0 Å². The van der Waals surface area contributed by atoms with Crippen LogP contribution >= 0.6 is 0 Å². The molecule has 0 bridgehead atoms. The molecule has 1 aromatic carbocycles. The molecule has 6 heteroatoms. The van der Waals surface area contributed by atoms with E-state index in [2.05, 4.69) is 4.43 Å². The first-order valence-electron chi connectivity index (χ1n) is 3.32. The molecule has 0 spiro atoms. The van der Waals surface area contributed by atoms with E-state index in [4.69, 9.17) is 0 Å². The Kier molecular flexibility index (Phi) is 5.41. The summed E-state index contributed by atoms with van der Waals surface area (Å²) in [5.41, 5.74) is 0.544. The van der Waals surface area contributed by atoms with E-state index in [0.717, 1.165) is 0 Å². The molecule has 0 fully saturated rings. The molecule has 67 valence electrons. The Morgan fingerprint density at radius 1 is 1.08 bits per heavy atom. The van der Waals surface area contributed by atoms with Gasteiger partial charge in [-0.2, -0.15) is 0 Å². The van der Waals surface area contributed by atoms with Crippen molar-refractivity contribution >= 4 is 28.2 Å². The van der Waals surface area contributed by atoms with Crippen molar-refractivity contribution < 1.29 is 16.7 Å². The third kappa shape index (κ3) is 5.94. The standard InChI is InChI=1S/C7H7F3OSi.Li/c8-12(9,10)11-6-7-4-2-1-3-5-7;/h1-5H,6H2;. The smallest absolute Gasteiger partial charge is 0.338 e. The van der Waals surface area contributed by atoms with Gasteiger partial charge in [0.2, 0.25) is 0 Å². The average molecular weight is 199 g/mol. The fourth-order valence-corrected chi connectivity index (χ4v) is 1.07. The van der Waals surface area contributed by atoms with Crippen LogP contribution in [0.3, 0.4) is 0 Å². The fraction of sp³-hybridized carbons (Fsp3) is 0.143. The number of hydrogen-bond acceptors (Lipinski definition) is 1. The molecule has 0 aromatic heterocycles.